The molecule has 6 rings (SSSR count). The van der Waals surface area contributed by atoms with Crippen LogP contribution in [0.25, 0.3) is 17.2 Å². The van der Waals surface area contributed by atoms with Gasteiger partial charge in [0.1, 0.15) is 11.5 Å². The Balaban J connectivity index is 1.56. The molecule has 0 radical (unpaired) electrons. The van der Waals surface area contributed by atoms with Crippen molar-refractivity contribution in [2.75, 3.05) is 13.7 Å². The number of hydrogen-bond donors (Lipinski definition) is 1. The van der Waals surface area contributed by atoms with Crippen LogP contribution in [0.5, 0.6) is 11.5 Å². The quantitative estimate of drug-likeness (QED) is 0.411. The molecule has 2 aromatic carbocycles. The molecule has 0 heterocycles. The molecule has 0 atom stereocenters. The molecule has 0 unspecified atom stereocenters. The largest absolute Gasteiger partial charge is 0.507 e. The SMILES string of the molecule is CCOC(=O)C=Cc1ccc(O)c(-c2cc(C34CC5CC(CC(C5)C3)C4)c(OC)cc2C)c1. The van der Waals surface area contributed by atoms with Crippen LogP contribution in [0.1, 0.15) is 62.1 Å². The standard InChI is InChI=1S/C29H34O4/c1-4-33-28(31)8-6-19-5-7-26(30)24(13-19)23-14-25(27(32-3)9-18(23)2)29-15-20-10-21(16-29)12-22(11-20)17-29/h5-9,13-14,20-22,30H,4,10-12,15-17H2,1-3H3. The molecule has 4 aliphatic carbocycles. The lowest BCUT2D eigenvalue weighted by molar-refractivity contribution is -0.137. The molecule has 174 valence electrons. The highest BCUT2D eigenvalue weighted by Crippen LogP contribution is 2.62. The van der Waals surface area contributed by atoms with Gasteiger partial charge in [0.15, 0.2) is 0 Å². The summed E-state index contributed by atoms with van der Waals surface area (Å²) >= 11 is 0. The predicted octanol–water partition coefficient (Wildman–Crippen LogP) is 6.42. The van der Waals surface area contributed by atoms with Gasteiger partial charge in [-0.1, -0.05) is 6.07 Å². The number of aromatic hydroxyl groups is 1. The Hall–Kier alpha value is -2.75. The van der Waals surface area contributed by atoms with E-state index in [-0.39, 0.29) is 17.1 Å². The fourth-order valence-electron chi connectivity index (χ4n) is 7.22. The summed E-state index contributed by atoms with van der Waals surface area (Å²) in [6, 6.07) is 9.89. The van der Waals surface area contributed by atoms with Crippen LogP contribution in [0.4, 0.5) is 0 Å². The Morgan fingerprint density at radius 3 is 2.33 bits per heavy atom. The monoisotopic (exact) mass is 446 g/mol. The van der Waals surface area contributed by atoms with Crippen molar-refractivity contribution < 1.29 is 19.4 Å². The van der Waals surface area contributed by atoms with E-state index < -0.39 is 0 Å². The zero-order valence-corrected chi connectivity index (χ0v) is 19.9. The van der Waals surface area contributed by atoms with Crippen molar-refractivity contribution in [3.05, 3.63) is 53.1 Å². The van der Waals surface area contributed by atoms with Crippen molar-refractivity contribution in [2.24, 2.45) is 17.8 Å². The molecule has 2 aromatic rings. The molecular weight excluding hydrogens is 412 g/mol. The number of hydrogen-bond acceptors (Lipinski definition) is 4. The van der Waals surface area contributed by atoms with Gasteiger partial charge in [-0.3, -0.25) is 0 Å². The molecule has 4 aliphatic rings. The van der Waals surface area contributed by atoms with Crippen molar-refractivity contribution >= 4 is 12.0 Å². The first kappa shape index (κ1) is 22.1. The van der Waals surface area contributed by atoms with Crippen LogP contribution < -0.4 is 4.74 Å². The third kappa shape index (κ3) is 4.05. The van der Waals surface area contributed by atoms with E-state index in [9.17, 15) is 9.90 Å². The maximum Gasteiger partial charge on any atom is 0.330 e. The normalized spacial score (nSPS) is 27.8. The van der Waals surface area contributed by atoms with E-state index in [4.69, 9.17) is 9.47 Å². The summed E-state index contributed by atoms with van der Waals surface area (Å²) in [6.45, 7) is 4.21. The minimum Gasteiger partial charge on any atom is -0.507 e. The highest BCUT2D eigenvalue weighted by Gasteiger charge is 2.52. The Bertz CT molecular complexity index is 1060. The van der Waals surface area contributed by atoms with E-state index in [2.05, 4.69) is 19.1 Å². The molecule has 0 amide bonds. The highest BCUT2D eigenvalue weighted by atomic mass is 16.5. The summed E-state index contributed by atoms with van der Waals surface area (Å²) in [5.74, 6) is 3.39. The molecular formula is C29H34O4. The molecule has 4 bridgehead atoms. The van der Waals surface area contributed by atoms with Gasteiger partial charge >= 0.3 is 5.97 Å². The lowest BCUT2D eigenvalue weighted by Gasteiger charge is -2.57. The van der Waals surface area contributed by atoms with Crippen molar-refractivity contribution in [2.45, 2.75) is 57.8 Å². The number of methoxy groups -OCH3 is 1. The Morgan fingerprint density at radius 1 is 1.06 bits per heavy atom. The van der Waals surface area contributed by atoms with Gasteiger partial charge in [0.2, 0.25) is 0 Å². The second kappa shape index (κ2) is 8.55. The molecule has 4 heteroatoms. The van der Waals surface area contributed by atoms with E-state index in [1.165, 1.54) is 50.2 Å². The van der Waals surface area contributed by atoms with Crippen LogP contribution in [0.15, 0.2) is 36.4 Å². The van der Waals surface area contributed by atoms with Gasteiger partial charge in [0.25, 0.3) is 0 Å². The van der Waals surface area contributed by atoms with E-state index in [1.54, 1.807) is 26.2 Å². The molecule has 4 saturated carbocycles. The van der Waals surface area contributed by atoms with Crippen LogP contribution in [-0.4, -0.2) is 24.8 Å². The topological polar surface area (TPSA) is 55.8 Å². The Morgan fingerprint density at radius 2 is 1.73 bits per heavy atom. The Labute approximate surface area is 196 Å². The van der Waals surface area contributed by atoms with Gasteiger partial charge in [0.05, 0.1) is 13.7 Å². The molecule has 33 heavy (non-hydrogen) atoms. The van der Waals surface area contributed by atoms with Crippen molar-refractivity contribution in [1.29, 1.82) is 0 Å². The molecule has 1 N–H and O–H groups in total. The first-order valence-electron chi connectivity index (χ1n) is 12.3. The summed E-state index contributed by atoms with van der Waals surface area (Å²) in [5, 5.41) is 10.8. The van der Waals surface area contributed by atoms with Crippen molar-refractivity contribution in [3.8, 4) is 22.6 Å². The van der Waals surface area contributed by atoms with Crippen LogP contribution in [0.3, 0.4) is 0 Å². The molecule has 0 spiro atoms. The summed E-state index contributed by atoms with van der Waals surface area (Å²) in [5.41, 5.74) is 5.25. The number of benzene rings is 2. The third-order valence-corrected chi connectivity index (χ3v) is 8.17. The first-order chi connectivity index (χ1) is 15.9. The molecule has 4 nitrogen and oxygen atoms in total. The summed E-state index contributed by atoms with van der Waals surface area (Å²) in [7, 11) is 1.77. The number of carbonyl (C=O) groups is 1. The fourth-order valence-corrected chi connectivity index (χ4v) is 7.22. The number of carbonyl (C=O) groups excluding carboxylic acids is 1. The van der Waals surface area contributed by atoms with Crippen molar-refractivity contribution in [1.82, 2.24) is 0 Å². The molecule has 0 aromatic heterocycles. The lowest BCUT2D eigenvalue weighted by Crippen LogP contribution is -2.48. The van der Waals surface area contributed by atoms with Gasteiger partial charge < -0.3 is 14.6 Å². The second-order valence-corrected chi connectivity index (χ2v) is 10.4. The zero-order valence-electron chi connectivity index (χ0n) is 19.9. The van der Waals surface area contributed by atoms with Gasteiger partial charge in [-0.15, -0.1) is 0 Å². The number of ether oxygens (including phenoxy) is 2. The number of phenols is 1. The highest BCUT2D eigenvalue weighted by molar-refractivity contribution is 5.88. The second-order valence-electron chi connectivity index (χ2n) is 10.4. The number of esters is 1. The van der Waals surface area contributed by atoms with Crippen LogP contribution in [0, 0.1) is 24.7 Å². The van der Waals surface area contributed by atoms with Gasteiger partial charge in [-0.05, 0) is 123 Å². The number of rotatable bonds is 6. The van der Waals surface area contributed by atoms with E-state index in [0.717, 1.165) is 45.8 Å². The smallest absolute Gasteiger partial charge is 0.330 e. The average molecular weight is 447 g/mol. The lowest BCUT2D eigenvalue weighted by atomic mass is 9.48. The summed E-state index contributed by atoms with van der Waals surface area (Å²) < 4.78 is 10.9. The minimum atomic E-state index is -0.364. The maximum absolute atomic E-state index is 11.7. The van der Waals surface area contributed by atoms with Crippen LogP contribution in [0.2, 0.25) is 0 Å². The van der Waals surface area contributed by atoms with E-state index in [1.807, 2.05) is 12.1 Å². The molecule has 4 fully saturated rings. The van der Waals surface area contributed by atoms with Crippen LogP contribution >= 0.6 is 0 Å². The van der Waals surface area contributed by atoms with E-state index >= 15 is 0 Å². The Kier molecular flexibility index (Phi) is 5.72. The maximum atomic E-state index is 11.7. The molecule has 0 saturated heterocycles. The third-order valence-electron chi connectivity index (χ3n) is 8.17. The summed E-state index contributed by atoms with van der Waals surface area (Å²) in [4.78, 5) is 11.7. The predicted molar refractivity (Wildman–Crippen MR) is 130 cm³/mol. The first-order valence-corrected chi connectivity index (χ1v) is 12.3. The van der Waals surface area contributed by atoms with Gasteiger partial charge in [0, 0.05) is 17.2 Å². The minimum absolute atomic E-state index is 0.194. The number of aryl methyl sites for hydroxylation is 1. The van der Waals surface area contributed by atoms with E-state index in [0.29, 0.717) is 6.61 Å². The van der Waals surface area contributed by atoms with Gasteiger partial charge in [-0.25, -0.2) is 4.79 Å². The average Bonchev–Trinajstić information content (AvgIpc) is 2.77. The molecule has 0 aliphatic heterocycles. The van der Waals surface area contributed by atoms with Gasteiger partial charge in [-0.2, -0.15) is 0 Å². The number of phenolic OH excluding ortho intramolecular Hbond substituents is 1. The zero-order chi connectivity index (χ0) is 23.2. The van der Waals surface area contributed by atoms with Crippen molar-refractivity contribution in [3.63, 3.8) is 0 Å². The van der Waals surface area contributed by atoms with Crippen LogP contribution in [-0.2, 0) is 14.9 Å². The summed E-state index contributed by atoms with van der Waals surface area (Å²) in [6.07, 6.45) is 11.1. The fraction of sp³-hybridized carbons (Fsp3) is 0.483.